The fourth-order valence-corrected chi connectivity index (χ4v) is 5.22. The van der Waals surface area contributed by atoms with Crippen LogP contribution in [-0.2, 0) is 4.79 Å². The Morgan fingerprint density at radius 3 is 2.67 bits per heavy atom. The second-order valence-electron chi connectivity index (χ2n) is 7.80. The Bertz CT molecular complexity index is 1210. The van der Waals surface area contributed by atoms with Gasteiger partial charge in [0.15, 0.2) is 0 Å². The van der Waals surface area contributed by atoms with Crippen molar-refractivity contribution in [1.29, 1.82) is 0 Å². The Morgan fingerprint density at radius 2 is 1.87 bits per heavy atom. The van der Waals surface area contributed by atoms with Crippen molar-refractivity contribution >= 4 is 40.3 Å². The topological polar surface area (TPSA) is 87.2 Å². The van der Waals surface area contributed by atoms with Crippen LogP contribution in [0, 0.1) is 0 Å². The predicted molar refractivity (Wildman–Crippen MR) is 117 cm³/mol. The van der Waals surface area contributed by atoms with Gasteiger partial charge in [0, 0.05) is 29.6 Å². The molecule has 8 heteroatoms. The second kappa shape index (κ2) is 7.36. The van der Waals surface area contributed by atoms with Gasteiger partial charge < -0.3 is 15.2 Å². The monoisotopic (exact) mass is 422 g/mol. The van der Waals surface area contributed by atoms with E-state index in [1.807, 2.05) is 52.8 Å². The van der Waals surface area contributed by atoms with E-state index in [1.54, 1.807) is 6.07 Å². The summed E-state index contributed by atoms with van der Waals surface area (Å²) in [4.78, 5) is 43.2. The minimum absolute atomic E-state index is 0.0397. The van der Waals surface area contributed by atoms with E-state index >= 15 is 0 Å². The molecular formula is C22H22N4O3S. The summed E-state index contributed by atoms with van der Waals surface area (Å²) in [6, 6.07) is 13.3. The maximum Gasteiger partial charge on any atom is 0.326 e. The number of nitrogens with one attached hydrogen (secondary N) is 2. The number of carbonyl (C=O) groups is 2. The van der Waals surface area contributed by atoms with Crippen LogP contribution in [0.3, 0.4) is 0 Å². The van der Waals surface area contributed by atoms with Crippen molar-refractivity contribution in [3.05, 3.63) is 58.5 Å². The summed E-state index contributed by atoms with van der Waals surface area (Å²) in [6.07, 6.45) is 1.45. The molecule has 2 aliphatic rings. The number of aromatic nitrogens is 2. The van der Waals surface area contributed by atoms with Crippen LogP contribution in [0.5, 0.6) is 0 Å². The lowest BCUT2D eigenvalue weighted by Gasteiger charge is -2.33. The van der Waals surface area contributed by atoms with Gasteiger partial charge in [-0.05, 0) is 50.1 Å². The number of H-pyrrole nitrogens is 1. The van der Waals surface area contributed by atoms with Crippen molar-refractivity contribution in [2.45, 2.75) is 36.0 Å². The number of aromatic amines is 1. The first kappa shape index (κ1) is 19.0. The molecule has 0 bridgehead atoms. The SMILES string of the molecule is CC1Sc2ccc(C(=O)N3CCC(n4c(=O)[nH]c5ccccc54)CC3)cc2NC1=O. The van der Waals surface area contributed by atoms with Gasteiger partial charge in [0.2, 0.25) is 5.91 Å². The lowest BCUT2D eigenvalue weighted by Crippen LogP contribution is -2.40. The molecule has 1 unspecified atom stereocenters. The number of likely N-dealkylation sites (tertiary alicyclic amines) is 1. The minimum Gasteiger partial charge on any atom is -0.338 e. The standard InChI is InChI=1S/C22H22N4O3S/c1-13-20(27)23-17-12-14(6-7-19(17)30-13)21(28)25-10-8-15(9-11-25)26-18-5-3-2-4-16(18)24-22(26)29/h2-7,12-13,15H,8-11H2,1H3,(H,23,27)(H,24,29). The number of piperidine rings is 1. The van der Waals surface area contributed by atoms with E-state index < -0.39 is 0 Å². The molecule has 1 fully saturated rings. The zero-order valence-corrected chi connectivity index (χ0v) is 17.4. The van der Waals surface area contributed by atoms with Gasteiger partial charge in [0.25, 0.3) is 5.91 Å². The Hall–Kier alpha value is -3.00. The average molecular weight is 423 g/mol. The largest absolute Gasteiger partial charge is 0.338 e. The van der Waals surface area contributed by atoms with E-state index in [4.69, 9.17) is 0 Å². The molecule has 2 aliphatic heterocycles. The summed E-state index contributed by atoms with van der Waals surface area (Å²) in [7, 11) is 0. The van der Waals surface area contributed by atoms with Crippen molar-refractivity contribution < 1.29 is 9.59 Å². The number of anilines is 1. The molecular weight excluding hydrogens is 400 g/mol. The van der Waals surface area contributed by atoms with Crippen LogP contribution in [0.2, 0.25) is 0 Å². The number of imidazole rings is 1. The maximum absolute atomic E-state index is 13.0. The molecule has 1 saturated heterocycles. The Balaban J connectivity index is 1.32. The van der Waals surface area contributed by atoms with E-state index in [2.05, 4.69) is 10.3 Å². The maximum atomic E-state index is 13.0. The Labute approximate surface area is 177 Å². The highest BCUT2D eigenvalue weighted by atomic mass is 32.2. The zero-order chi connectivity index (χ0) is 20.8. The van der Waals surface area contributed by atoms with Gasteiger partial charge in [-0.2, -0.15) is 0 Å². The molecule has 2 amide bonds. The van der Waals surface area contributed by atoms with Crippen molar-refractivity contribution in [2.75, 3.05) is 18.4 Å². The first-order chi connectivity index (χ1) is 14.5. The van der Waals surface area contributed by atoms with E-state index in [0.29, 0.717) is 24.3 Å². The normalized spacial score (nSPS) is 19.6. The molecule has 3 heterocycles. The van der Waals surface area contributed by atoms with Gasteiger partial charge in [-0.1, -0.05) is 12.1 Å². The van der Waals surface area contributed by atoms with Gasteiger partial charge in [-0.15, -0.1) is 11.8 Å². The summed E-state index contributed by atoms with van der Waals surface area (Å²) in [5, 5.41) is 2.75. The number of fused-ring (bicyclic) bond motifs is 2. The molecule has 0 spiro atoms. The van der Waals surface area contributed by atoms with Gasteiger partial charge >= 0.3 is 5.69 Å². The first-order valence-corrected chi connectivity index (χ1v) is 11.0. The molecule has 0 aliphatic carbocycles. The molecule has 2 N–H and O–H groups in total. The third-order valence-corrected chi connectivity index (χ3v) is 7.08. The van der Waals surface area contributed by atoms with Crippen molar-refractivity contribution in [2.24, 2.45) is 0 Å². The van der Waals surface area contributed by atoms with Crippen molar-refractivity contribution in [3.63, 3.8) is 0 Å². The lowest BCUT2D eigenvalue weighted by atomic mass is 10.0. The number of para-hydroxylation sites is 2. The molecule has 2 aromatic carbocycles. The van der Waals surface area contributed by atoms with Crippen LogP contribution >= 0.6 is 11.8 Å². The smallest absolute Gasteiger partial charge is 0.326 e. The fraction of sp³-hybridized carbons (Fsp3) is 0.318. The number of hydrogen-bond donors (Lipinski definition) is 2. The highest BCUT2D eigenvalue weighted by molar-refractivity contribution is 8.00. The van der Waals surface area contributed by atoms with Crippen LogP contribution in [0.15, 0.2) is 52.2 Å². The van der Waals surface area contributed by atoms with Gasteiger partial charge in [-0.3, -0.25) is 14.2 Å². The highest BCUT2D eigenvalue weighted by Gasteiger charge is 2.28. The number of benzene rings is 2. The van der Waals surface area contributed by atoms with E-state index in [9.17, 15) is 14.4 Å². The van der Waals surface area contributed by atoms with Gasteiger partial charge in [-0.25, -0.2) is 4.79 Å². The predicted octanol–water partition coefficient (Wildman–Crippen LogP) is 3.24. The van der Waals surface area contributed by atoms with Crippen LogP contribution in [0.25, 0.3) is 11.0 Å². The summed E-state index contributed by atoms with van der Waals surface area (Å²) in [5.74, 6) is -0.0810. The molecule has 0 radical (unpaired) electrons. The molecule has 5 rings (SSSR count). The number of amides is 2. The number of rotatable bonds is 2. The van der Waals surface area contributed by atoms with E-state index in [1.165, 1.54) is 11.8 Å². The molecule has 0 saturated carbocycles. The lowest BCUT2D eigenvalue weighted by molar-refractivity contribution is -0.115. The summed E-state index contributed by atoms with van der Waals surface area (Å²) >= 11 is 1.50. The van der Waals surface area contributed by atoms with Crippen LogP contribution in [0.4, 0.5) is 5.69 Å². The van der Waals surface area contributed by atoms with Gasteiger partial charge in [0.05, 0.1) is 22.0 Å². The molecule has 1 aromatic heterocycles. The quantitative estimate of drug-likeness (QED) is 0.664. The number of carbonyl (C=O) groups excluding carboxylic acids is 2. The van der Waals surface area contributed by atoms with Crippen LogP contribution in [-0.4, -0.2) is 44.6 Å². The van der Waals surface area contributed by atoms with Crippen LogP contribution < -0.4 is 11.0 Å². The molecule has 7 nitrogen and oxygen atoms in total. The number of thioether (sulfide) groups is 1. The molecule has 154 valence electrons. The number of hydrogen-bond acceptors (Lipinski definition) is 4. The minimum atomic E-state index is -0.133. The van der Waals surface area contributed by atoms with E-state index in [0.717, 1.165) is 28.8 Å². The zero-order valence-electron chi connectivity index (χ0n) is 16.6. The molecule has 1 atom stereocenters. The summed E-state index contributed by atoms with van der Waals surface area (Å²) < 4.78 is 1.82. The number of nitrogens with zero attached hydrogens (tertiary/aromatic N) is 2. The van der Waals surface area contributed by atoms with Crippen molar-refractivity contribution in [1.82, 2.24) is 14.5 Å². The Kier molecular flexibility index (Phi) is 4.66. The van der Waals surface area contributed by atoms with Crippen molar-refractivity contribution in [3.8, 4) is 0 Å². The first-order valence-electron chi connectivity index (χ1n) is 10.1. The third-order valence-electron chi connectivity index (χ3n) is 5.90. The summed E-state index contributed by atoms with van der Waals surface area (Å²) in [5.41, 5.74) is 2.92. The summed E-state index contributed by atoms with van der Waals surface area (Å²) in [6.45, 7) is 3.04. The second-order valence-corrected chi connectivity index (χ2v) is 9.18. The molecule has 3 aromatic rings. The fourth-order valence-electron chi connectivity index (χ4n) is 4.29. The Morgan fingerprint density at radius 1 is 1.10 bits per heavy atom. The highest BCUT2D eigenvalue weighted by Crippen LogP contribution is 2.36. The average Bonchev–Trinajstić information content (AvgIpc) is 3.09. The van der Waals surface area contributed by atoms with E-state index in [-0.39, 0.29) is 28.8 Å². The molecule has 30 heavy (non-hydrogen) atoms. The van der Waals surface area contributed by atoms with Crippen LogP contribution in [0.1, 0.15) is 36.2 Å². The third kappa shape index (κ3) is 3.21. The van der Waals surface area contributed by atoms with Gasteiger partial charge in [0.1, 0.15) is 0 Å².